The number of nitrogens with one attached hydrogen (secondary N) is 1. The first-order valence-electron chi connectivity index (χ1n) is 24.5. The van der Waals surface area contributed by atoms with E-state index in [-0.39, 0.29) is 36.8 Å². The van der Waals surface area contributed by atoms with Gasteiger partial charge in [0.15, 0.2) is 0 Å². The van der Waals surface area contributed by atoms with Gasteiger partial charge in [0, 0.05) is 59.4 Å². The molecule has 6 heterocycles. The van der Waals surface area contributed by atoms with Gasteiger partial charge in [0.1, 0.15) is 6.61 Å². The summed E-state index contributed by atoms with van der Waals surface area (Å²) in [7, 11) is -7.49. The Morgan fingerprint density at radius 1 is 0.632 bits per heavy atom. The molecule has 406 valence electrons. The Balaban J connectivity index is 0.000000187. The molecule has 76 heavy (non-hydrogen) atoms. The monoisotopic (exact) mass is 1130 g/mol. The van der Waals surface area contributed by atoms with Crippen LogP contribution >= 0.6 is 23.2 Å². The number of hydrogen-bond donors (Lipinski definition) is 2. The highest BCUT2D eigenvalue weighted by atomic mass is 35.5. The van der Waals surface area contributed by atoms with Gasteiger partial charge >= 0.3 is 12.9 Å². The molecular formula is C50H54Cl2F4N10O8S2. The number of aromatic nitrogens is 4. The molecule has 4 fully saturated rings. The number of halogens is 6. The van der Waals surface area contributed by atoms with Crippen molar-refractivity contribution in [2.75, 3.05) is 67.6 Å². The quantitative estimate of drug-likeness (QED) is 0.0851. The third kappa shape index (κ3) is 12.7. The summed E-state index contributed by atoms with van der Waals surface area (Å²) in [5.41, 5.74) is 3.22. The van der Waals surface area contributed by atoms with Crippen LogP contribution in [0.15, 0.2) is 106 Å². The standard InChI is InChI=1S/C26H28ClF2N5O5S.C24H26ClF2N5O3S/c27-19-2-1-3-20(12-19)34(13-17-4-6-18(7-5-17)25-30-31-26(39-25)24(28)29)40(37,38)22-8-10-32(11-9-22)21-14-33(15-21)23(36)16-35;25-18-2-1-3-19(12-18)32(36(33,34)21-8-10-31(11-9-21)20-13-28-14-20)15-16-4-6-17(7-5-16)23-29-30-24(35-23)22(26)27/h1-7,12,21-22,24,35H,8-11,13-16H2;1-7,12,20-22,28H,8-11,13-15H2. The van der Waals surface area contributed by atoms with Crippen LogP contribution in [-0.4, -0.2) is 144 Å². The zero-order chi connectivity index (χ0) is 53.7. The largest absolute Gasteiger partial charge is 0.415 e. The van der Waals surface area contributed by atoms with Crippen LogP contribution in [0.4, 0.5) is 28.9 Å². The molecule has 2 N–H and O–H groups in total. The molecule has 4 aliphatic rings. The molecule has 0 atom stereocenters. The van der Waals surface area contributed by atoms with Crippen LogP contribution in [0.1, 0.15) is 61.4 Å². The minimum Gasteiger partial charge on any atom is -0.415 e. The fourth-order valence-corrected chi connectivity index (χ4v) is 13.8. The fourth-order valence-electron chi connectivity index (χ4n) is 9.59. The highest BCUT2D eigenvalue weighted by Gasteiger charge is 2.41. The van der Waals surface area contributed by atoms with Gasteiger partial charge in [0.2, 0.25) is 37.7 Å². The summed E-state index contributed by atoms with van der Waals surface area (Å²) in [6, 6.07) is 27.5. The molecule has 18 nitrogen and oxygen atoms in total. The number of sulfonamides is 2. The Hall–Kier alpha value is -5.73. The van der Waals surface area contributed by atoms with Crippen LogP contribution < -0.4 is 13.9 Å². The van der Waals surface area contributed by atoms with Crippen molar-refractivity contribution in [3.63, 3.8) is 0 Å². The number of carbonyl (C=O) groups excluding carboxylic acids is 1. The number of likely N-dealkylation sites (tertiary alicyclic amines) is 3. The first-order chi connectivity index (χ1) is 36.5. The summed E-state index contributed by atoms with van der Waals surface area (Å²) in [6.45, 7) is 5.27. The Morgan fingerprint density at radius 3 is 1.38 bits per heavy atom. The molecule has 4 aliphatic heterocycles. The Morgan fingerprint density at radius 2 is 1.04 bits per heavy atom. The number of aliphatic hydroxyl groups excluding tert-OH is 1. The number of piperidine rings is 2. The van der Waals surface area contributed by atoms with E-state index in [1.54, 1.807) is 102 Å². The second-order valence-electron chi connectivity index (χ2n) is 18.8. The lowest BCUT2D eigenvalue weighted by Crippen LogP contribution is -2.63. The maximum Gasteiger partial charge on any atom is 0.314 e. The van der Waals surface area contributed by atoms with Gasteiger partial charge < -0.3 is 24.2 Å². The molecule has 1 amide bonds. The fraction of sp³-hybridized carbons (Fsp3) is 0.420. The van der Waals surface area contributed by atoms with Crippen LogP contribution in [0.25, 0.3) is 22.9 Å². The van der Waals surface area contributed by atoms with Gasteiger partial charge in [-0.2, -0.15) is 17.6 Å². The van der Waals surface area contributed by atoms with Crippen molar-refractivity contribution < 1.29 is 53.1 Å². The van der Waals surface area contributed by atoms with Gasteiger partial charge in [-0.05, 0) is 124 Å². The van der Waals surface area contributed by atoms with Crippen LogP contribution in [0.3, 0.4) is 0 Å². The number of hydrogen-bond acceptors (Lipinski definition) is 15. The summed E-state index contributed by atoms with van der Waals surface area (Å²) in [4.78, 5) is 17.8. The number of alkyl halides is 4. The van der Waals surface area contributed by atoms with Crippen LogP contribution in [0.5, 0.6) is 0 Å². The summed E-state index contributed by atoms with van der Waals surface area (Å²) in [5, 5.41) is 26.0. The number of anilines is 2. The normalized spacial score (nSPS) is 17.6. The lowest BCUT2D eigenvalue weighted by atomic mass is 10.0. The predicted molar refractivity (Wildman–Crippen MR) is 276 cm³/mol. The van der Waals surface area contributed by atoms with Crippen molar-refractivity contribution in [1.82, 2.24) is 40.4 Å². The zero-order valence-electron chi connectivity index (χ0n) is 40.7. The molecule has 0 spiro atoms. The van der Waals surface area contributed by atoms with E-state index in [1.165, 1.54) is 8.61 Å². The molecule has 0 saturated carbocycles. The molecule has 6 aromatic rings. The van der Waals surface area contributed by atoms with Gasteiger partial charge in [-0.3, -0.25) is 23.2 Å². The molecule has 10 rings (SSSR count). The van der Waals surface area contributed by atoms with Gasteiger partial charge in [-0.15, -0.1) is 20.4 Å². The maximum absolute atomic E-state index is 14.0. The summed E-state index contributed by atoms with van der Waals surface area (Å²) in [5.74, 6) is -1.88. The smallest absolute Gasteiger partial charge is 0.314 e. The Bertz CT molecular complexity index is 3150. The lowest BCUT2D eigenvalue weighted by Gasteiger charge is -2.47. The van der Waals surface area contributed by atoms with Crippen LogP contribution in [0, 0.1) is 0 Å². The SMILES string of the molecule is O=C(CO)N1CC(N2CCC(S(=O)(=O)N(Cc3ccc(-c4nnc(C(F)F)o4)cc3)c3cccc(Cl)c3)CC2)C1.O=S(=O)(C1CCN(C2CNC2)CC1)N(Cc1ccc(-c2nnc(C(F)F)o2)cc1)c1cccc(Cl)c1. The third-order valence-electron chi connectivity index (χ3n) is 14.1. The third-order valence-corrected chi connectivity index (χ3v) is 19.1. The van der Waals surface area contributed by atoms with Crippen molar-refractivity contribution in [1.29, 1.82) is 0 Å². The molecule has 26 heteroatoms. The van der Waals surface area contributed by atoms with Crippen molar-refractivity contribution in [2.24, 2.45) is 0 Å². The van der Waals surface area contributed by atoms with Crippen LogP contribution in [0.2, 0.25) is 10.0 Å². The lowest BCUT2D eigenvalue weighted by molar-refractivity contribution is -0.141. The maximum atomic E-state index is 14.0. The number of amides is 1. The molecule has 4 aromatic carbocycles. The van der Waals surface area contributed by atoms with Crippen molar-refractivity contribution in [3.05, 3.63) is 130 Å². The highest BCUT2D eigenvalue weighted by molar-refractivity contribution is 7.93. The van der Waals surface area contributed by atoms with E-state index in [0.717, 1.165) is 26.2 Å². The van der Waals surface area contributed by atoms with Crippen LogP contribution in [-0.2, 0) is 37.9 Å². The van der Waals surface area contributed by atoms with Crippen molar-refractivity contribution >= 4 is 60.5 Å². The van der Waals surface area contributed by atoms with E-state index >= 15 is 0 Å². The molecule has 0 aliphatic carbocycles. The average molecular weight is 1130 g/mol. The molecule has 2 aromatic heterocycles. The number of rotatable bonds is 17. The van der Waals surface area contributed by atoms with Crippen molar-refractivity contribution in [3.8, 4) is 22.9 Å². The molecule has 0 bridgehead atoms. The minimum atomic E-state index is -3.80. The second kappa shape index (κ2) is 23.9. The first-order valence-corrected chi connectivity index (χ1v) is 28.3. The van der Waals surface area contributed by atoms with E-state index < -0.39 is 61.8 Å². The summed E-state index contributed by atoms with van der Waals surface area (Å²) < 4.78 is 120. The van der Waals surface area contributed by atoms with Gasteiger partial charge in [0.05, 0.1) is 35.0 Å². The van der Waals surface area contributed by atoms with E-state index in [0.29, 0.717) is 102 Å². The van der Waals surface area contributed by atoms with E-state index in [2.05, 4.69) is 35.5 Å². The number of nitrogens with zero attached hydrogens (tertiary/aromatic N) is 9. The highest BCUT2D eigenvalue weighted by Crippen LogP contribution is 2.34. The van der Waals surface area contributed by atoms with E-state index in [9.17, 15) is 39.2 Å². The Labute approximate surface area is 446 Å². The van der Waals surface area contributed by atoms with E-state index in [1.807, 2.05) is 0 Å². The van der Waals surface area contributed by atoms with Gasteiger partial charge in [0.25, 0.3) is 11.8 Å². The molecule has 4 saturated heterocycles. The topological polar surface area (TPSA) is 212 Å². The first kappa shape index (κ1) is 55.0. The minimum absolute atomic E-state index is 0.0235. The number of benzene rings is 4. The van der Waals surface area contributed by atoms with E-state index in [4.69, 9.17) is 37.1 Å². The second-order valence-corrected chi connectivity index (χ2v) is 24.0. The van der Waals surface area contributed by atoms with Crippen molar-refractivity contribution in [2.45, 2.75) is 74.2 Å². The molecular weight excluding hydrogens is 1080 g/mol. The number of aliphatic hydroxyl groups is 1. The zero-order valence-corrected chi connectivity index (χ0v) is 43.9. The summed E-state index contributed by atoms with van der Waals surface area (Å²) in [6.07, 6.45) is -3.71. The molecule has 0 unspecified atom stereocenters. The predicted octanol–water partition coefficient (Wildman–Crippen LogP) is 7.43. The van der Waals surface area contributed by atoms with Gasteiger partial charge in [-0.25, -0.2) is 16.8 Å². The number of carbonyl (C=O) groups is 1. The molecule has 0 radical (unpaired) electrons. The van der Waals surface area contributed by atoms with Gasteiger partial charge in [-0.1, -0.05) is 59.6 Å². The summed E-state index contributed by atoms with van der Waals surface area (Å²) >= 11 is 12.4. The Kier molecular flexibility index (Phi) is 17.3. The average Bonchev–Trinajstić information content (AvgIpc) is 4.10.